The molecule has 0 heterocycles. The van der Waals surface area contributed by atoms with Gasteiger partial charge < -0.3 is 31.5 Å². The van der Waals surface area contributed by atoms with Crippen molar-refractivity contribution < 1.29 is 59.4 Å². The summed E-state index contributed by atoms with van der Waals surface area (Å²) in [6, 6.07) is 16.0. The maximum atomic E-state index is 12.9. The number of hydrogen-bond acceptors (Lipinski definition) is 11. The molecule has 0 saturated heterocycles. The maximum absolute atomic E-state index is 12.9. The number of benzene rings is 2. The minimum atomic E-state index is -1.24. The highest BCUT2D eigenvalue weighted by atomic mass is 16.4. The van der Waals surface area contributed by atoms with Gasteiger partial charge in [0.2, 0.25) is 5.91 Å². The summed E-state index contributed by atoms with van der Waals surface area (Å²) in [6.45, 7) is -2.30. The molecule has 1 atom stereocenters. The first kappa shape index (κ1) is 42.9. The number of carboxylic acids is 4. The van der Waals surface area contributed by atoms with Gasteiger partial charge in [-0.1, -0.05) is 54.6 Å². The van der Waals surface area contributed by atoms with Crippen LogP contribution in [0, 0.1) is 0 Å². The maximum Gasteiger partial charge on any atom is 0.334 e. The molecule has 52 heavy (non-hydrogen) atoms. The van der Waals surface area contributed by atoms with Gasteiger partial charge in [0.1, 0.15) is 0 Å². The predicted molar refractivity (Wildman–Crippen MR) is 184 cm³/mol. The van der Waals surface area contributed by atoms with Crippen LogP contribution in [-0.4, -0.2) is 142 Å². The normalized spacial score (nSPS) is 11.7. The van der Waals surface area contributed by atoms with Gasteiger partial charge in [0.05, 0.1) is 45.2 Å². The first-order valence-corrected chi connectivity index (χ1v) is 16.5. The van der Waals surface area contributed by atoms with Gasteiger partial charge in [-0.15, -0.1) is 0 Å². The molecule has 2 aromatic rings. The molecule has 0 bridgehead atoms. The average molecular weight is 731 g/mol. The molecule has 3 amide bonds. The molecular weight excluding hydrogens is 682 g/mol. The number of carbonyl (C=O) groups excluding carboxylic acids is 3. The zero-order chi connectivity index (χ0) is 38.5. The van der Waals surface area contributed by atoms with E-state index in [-0.39, 0.29) is 51.6 Å². The standard InChI is InChI=1S/C34H47N7O11/c35-27(12-10-24-4-2-1-3-5-24)34(52)38-37-28(42)13-11-25-6-8-26(9-7-25)18-36-29(43)19-39(14-16-40(20-30(44)45)21-31(46)47)15-17-41(22-32(48)49)23-33(50)51/h1-9,27H,10-23,35H2,(H,36,43)(H,37,42)(H,38,52)(H,44,45)(H,46,47)(H,48,49)(H,50,51)/p+1/t27-/m1/s1. The molecule has 0 aliphatic rings. The fraction of sp³-hybridized carbons (Fsp3) is 0.441. The number of hydrogen-bond donors (Lipinski definition) is 8. The Morgan fingerprint density at radius 1 is 0.615 bits per heavy atom. The lowest BCUT2D eigenvalue weighted by Crippen LogP contribution is -2.98. The molecule has 2 aromatic carbocycles. The number of nitrogens with two attached hydrogens (primary N) is 2. The summed E-state index contributed by atoms with van der Waals surface area (Å²) in [5.74, 6) is -6.10. The van der Waals surface area contributed by atoms with Crippen LogP contribution in [0.3, 0.4) is 0 Å². The number of quaternary nitrogens is 1. The van der Waals surface area contributed by atoms with Crippen LogP contribution in [-0.2, 0) is 52.9 Å². The second kappa shape index (κ2) is 23.3. The van der Waals surface area contributed by atoms with Crippen molar-refractivity contribution in [3.05, 3.63) is 71.3 Å². The number of primary amides is 1. The summed E-state index contributed by atoms with van der Waals surface area (Å²) in [7, 11) is 0. The number of aliphatic carboxylic acids is 4. The summed E-state index contributed by atoms with van der Waals surface area (Å²) >= 11 is 0. The zero-order valence-electron chi connectivity index (χ0n) is 28.8. The number of nitrogens with one attached hydrogen (secondary N) is 2. The zero-order valence-corrected chi connectivity index (χ0v) is 28.8. The Bertz CT molecular complexity index is 1420. The second-order valence-corrected chi connectivity index (χ2v) is 12.1. The third kappa shape index (κ3) is 19.2. The fourth-order valence-electron chi connectivity index (χ4n) is 5.01. The van der Waals surface area contributed by atoms with Gasteiger partial charge in [-0.2, -0.15) is 10.9 Å². The number of nitrogens with zero attached hydrogens (tertiary/aromatic N) is 3. The van der Waals surface area contributed by atoms with Crippen LogP contribution in [0.5, 0.6) is 0 Å². The lowest BCUT2D eigenvalue weighted by atomic mass is 10.1. The first-order chi connectivity index (χ1) is 24.7. The van der Waals surface area contributed by atoms with Crippen LogP contribution >= 0.6 is 0 Å². The van der Waals surface area contributed by atoms with Gasteiger partial charge >= 0.3 is 29.8 Å². The predicted octanol–water partition coefficient (Wildman–Crippen LogP) is -2.44. The third-order valence-electron chi connectivity index (χ3n) is 7.74. The topological polar surface area (TPSA) is 277 Å². The Labute approximate surface area is 300 Å². The highest BCUT2D eigenvalue weighted by molar-refractivity contribution is 5.81. The van der Waals surface area contributed by atoms with Crippen LogP contribution in [0.4, 0.5) is 0 Å². The Morgan fingerprint density at radius 3 is 1.58 bits per heavy atom. The summed E-state index contributed by atoms with van der Waals surface area (Å²) < 4.78 is 0. The van der Waals surface area contributed by atoms with Crippen LogP contribution in [0.2, 0.25) is 0 Å². The molecule has 0 saturated carbocycles. The van der Waals surface area contributed by atoms with Crippen LogP contribution in [0.25, 0.3) is 0 Å². The molecule has 18 nitrogen and oxygen atoms in total. The Hall–Kier alpha value is -5.27. The van der Waals surface area contributed by atoms with E-state index >= 15 is 0 Å². The number of rotatable bonds is 25. The molecule has 18 heteroatoms. The second-order valence-electron chi connectivity index (χ2n) is 12.1. The molecule has 0 radical (unpaired) electrons. The molecular formula is C34H48N7O11+. The molecule has 0 aliphatic heterocycles. The van der Waals surface area contributed by atoms with E-state index in [2.05, 4.69) is 10.7 Å². The van der Waals surface area contributed by atoms with Crippen LogP contribution in [0.1, 0.15) is 29.5 Å². The Kier molecular flexibility index (Phi) is 19.2. The van der Waals surface area contributed by atoms with E-state index < -0.39 is 67.9 Å². The first-order valence-electron chi connectivity index (χ1n) is 16.5. The Morgan fingerprint density at radius 2 is 1.08 bits per heavy atom. The molecule has 0 aliphatic carbocycles. The van der Waals surface area contributed by atoms with E-state index in [1.54, 1.807) is 29.2 Å². The highest BCUT2D eigenvalue weighted by Gasteiger charge is 2.20. The van der Waals surface area contributed by atoms with Gasteiger partial charge in [-0.3, -0.25) is 43.5 Å². The molecule has 2 rings (SSSR count). The third-order valence-corrected chi connectivity index (χ3v) is 7.74. The SMILES string of the molecule is N[C@H](CCc1ccccc1)C(=O)N[NH2+]C(=O)CCc1ccc(CNC(=O)CN(CCN(CC(=O)O)CC(=O)O)CCN(CC(=O)O)CC(=O)O)cc1. The minimum absolute atomic E-state index is 0.0392. The van der Waals surface area contributed by atoms with Gasteiger partial charge in [-0.05, 0) is 36.0 Å². The van der Waals surface area contributed by atoms with Crippen molar-refractivity contribution in [1.29, 1.82) is 0 Å². The minimum Gasteiger partial charge on any atom is -0.480 e. The largest absolute Gasteiger partial charge is 0.480 e. The van der Waals surface area contributed by atoms with Gasteiger partial charge in [-0.25, -0.2) is 4.79 Å². The lowest BCUT2D eigenvalue weighted by Gasteiger charge is -2.28. The quantitative estimate of drug-likeness (QED) is 0.0299. The van der Waals surface area contributed by atoms with Crippen molar-refractivity contribution in [2.75, 3.05) is 58.9 Å². The highest BCUT2D eigenvalue weighted by Crippen LogP contribution is 2.07. The van der Waals surface area contributed by atoms with E-state index in [1.165, 1.54) is 0 Å². The van der Waals surface area contributed by atoms with E-state index in [4.69, 9.17) is 26.2 Å². The summed E-state index contributed by atoms with van der Waals surface area (Å²) in [5.41, 5.74) is 12.2. The van der Waals surface area contributed by atoms with E-state index in [9.17, 15) is 33.6 Å². The van der Waals surface area contributed by atoms with Gasteiger partial charge in [0.15, 0.2) is 0 Å². The molecule has 0 spiro atoms. The van der Waals surface area contributed by atoms with Crippen LogP contribution < -0.4 is 21.9 Å². The molecule has 0 fully saturated rings. The molecule has 10 N–H and O–H groups in total. The monoisotopic (exact) mass is 730 g/mol. The van der Waals surface area contributed by atoms with Crippen LogP contribution in [0.15, 0.2) is 54.6 Å². The van der Waals surface area contributed by atoms with Crippen molar-refractivity contribution in [2.45, 2.75) is 38.3 Å². The number of amides is 3. The van der Waals surface area contributed by atoms with E-state index in [1.807, 2.05) is 30.3 Å². The van der Waals surface area contributed by atoms with E-state index in [0.29, 0.717) is 19.3 Å². The lowest BCUT2D eigenvalue weighted by molar-refractivity contribution is -0.615. The number of carboxylic acid groups (broad SMARTS) is 4. The summed E-state index contributed by atoms with van der Waals surface area (Å²) in [5, 5.41) is 39.3. The van der Waals surface area contributed by atoms with Gasteiger partial charge in [0.25, 0.3) is 5.91 Å². The van der Waals surface area contributed by atoms with Crippen molar-refractivity contribution in [3.8, 4) is 0 Å². The molecule has 0 unspecified atom stereocenters. The molecule has 284 valence electrons. The Balaban J connectivity index is 1.85. The van der Waals surface area contributed by atoms with Crippen molar-refractivity contribution in [2.24, 2.45) is 5.73 Å². The average Bonchev–Trinajstić information content (AvgIpc) is 3.08. The number of aryl methyl sites for hydroxylation is 2. The van der Waals surface area contributed by atoms with Gasteiger partial charge in [0, 0.05) is 32.7 Å². The number of carbonyl (C=O) groups is 7. The summed E-state index contributed by atoms with van der Waals surface area (Å²) in [4.78, 5) is 86.2. The van der Waals surface area contributed by atoms with Crippen molar-refractivity contribution in [3.63, 3.8) is 0 Å². The van der Waals surface area contributed by atoms with Crippen molar-refractivity contribution in [1.82, 2.24) is 25.4 Å². The smallest absolute Gasteiger partial charge is 0.334 e. The fourth-order valence-corrected chi connectivity index (χ4v) is 5.01. The molecule has 0 aromatic heterocycles. The summed E-state index contributed by atoms with van der Waals surface area (Å²) in [6.07, 6.45) is 1.64. The van der Waals surface area contributed by atoms with E-state index in [0.717, 1.165) is 31.9 Å². The van der Waals surface area contributed by atoms with Crippen molar-refractivity contribution >= 4 is 41.6 Å².